The molecule has 1 rings (SSSR count). The van der Waals surface area contributed by atoms with Crippen molar-refractivity contribution >= 4 is 0 Å². The first kappa shape index (κ1) is 11.9. The standard InChI is InChI=1S/C11H16FNO2/c1-3-13-7-11(14)9-5-4-8(15-2)6-10(9)12/h4-6,11,13-14H,3,7H2,1-2H3. The number of methoxy groups -OCH3 is 1. The topological polar surface area (TPSA) is 41.5 Å². The van der Waals surface area contributed by atoms with Crippen LogP contribution in [-0.4, -0.2) is 25.3 Å². The lowest BCUT2D eigenvalue weighted by Gasteiger charge is -2.12. The molecule has 0 aliphatic carbocycles. The van der Waals surface area contributed by atoms with Gasteiger partial charge in [-0.15, -0.1) is 0 Å². The van der Waals surface area contributed by atoms with Gasteiger partial charge in [0.25, 0.3) is 0 Å². The van der Waals surface area contributed by atoms with E-state index in [4.69, 9.17) is 4.74 Å². The zero-order valence-corrected chi connectivity index (χ0v) is 8.96. The van der Waals surface area contributed by atoms with E-state index in [1.807, 2.05) is 6.92 Å². The van der Waals surface area contributed by atoms with Crippen LogP contribution in [0.25, 0.3) is 0 Å². The summed E-state index contributed by atoms with van der Waals surface area (Å²) >= 11 is 0. The largest absolute Gasteiger partial charge is 0.497 e. The number of nitrogens with one attached hydrogen (secondary N) is 1. The van der Waals surface area contributed by atoms with E-state index in [0.29, 0.717) is 12.3 Å². The summed E-state index contributed by atoms with van der Waals surface area (Å²) in [5, 5.41) is 12.6. The molecule has 84 valence electrons. The van der Waals surface area contributed by atoms with Crippen molar-refractivity contribution in [2.45, 2.75) is 13.0 Å². The van der Waals surface area contributed by atoms with Crippen molar-refractivity contribution in [2.75, 3.05) is 20.2 Å². The highest BCUT2D eigenvalue weighted by Gasteiger charge is 2.12. The van der Waals surface area contributed by atoms with E-state index >= 15 is 0 Å². The van der Waals surface area contributed by atoms with E-state index in [1.54, 1.807) is 6.07 Å². The minimum Gasteiger partial charge on any atom is -0.497 e. The molecule has 3 nitrogen and oxygen atoms in total. The van der Waals surface area contributed by atoms with Crippen molar-refractivity contribution in [3.05, 3.63) is 29.6 Å². The van der Waals surface area contributed by atoms with Crippen molar-refractivity contribution in [2.24, 2.45) is 0 Å². The maximum atomic E-state index is 13.4. The highest BCUT2D eigenvalue weighted by Crippen LogP contribution is 2.21. The average molecular weight is 213 g/mol. The van der Waals surface area contributed by atoms with E-state index < -0.39 is 11.9 Å². The van der Waals surface area contributed by atoms with Gasteiger partial charge in [0.05, 0.1) is 13.2 Å². The fourth-order valence-electron chi connectivity index (χ4n) is 1.30. The minimum atomic E-state index is -0.823. The molecule has 4 heteroatoms. The van der Waals surface area contributed by atoms with E-state index in [1.165, 1.54) is 19.2 Å². The molecule has 1 aromatic rings. The van der Waals surface area contributed by atoms with Crippen molar-refractivity contribution in [1.82, 2.24) is 5.32 Å². The molecule has 0 aliphatic heterocycles. The van der Waals surface area contributed by atoms with Crippen molar-refractivity contribution in [1.29, 1.82) is 0 Å². The van der Waals surface area contributed by atoms with Crippen molar-refractivity contribution in [3.8, 4) is 5.75 Å². The highest BCUT2D eigenvalue weighted by atomic mass is 19.1. The second kappa shape index (κ2) is 5.68. The van der Waals surface area contributed by atoms with E-state index in [0.717, 1.165) is 6.54 Å². The lowest BCUT2D eigenvalue weighted by atomic mass is 10.1. The summed E-state index contributed by atoms with van der Waals surface area (Å²) in [4.78, 5) is 0. The van der Waals surface area contributed by atoms with Crippen LogP contribution in [0.1, 0.15) is 18.6 Å². The first-order valence-electron chi connectivity index (χ1n) is 4.91. The van der Waals surface area contributed by atoms with Gasteiger partial charge >= 0.3 is 0 Å². The molecule has 0 amide bonds. The summed E-state index contributed by atoms with van der Waals surface area (Å²) in [5.41, 5.74) is 0.289. The van der Waals surface area contributed by atoms with Gasteiger partial charge in [0.2, 0.25) is 0 Å². The fraction of sp³-hybridized carbons (Fsp3) is 0.455. The van der Waals surface area contributed by atoms with E-state index in [-0.39, 0.29) is 5.56 Å². The second-order valence-corrected chi connectivity index (χ2v) is 3.21. The zero-order chi connectivity index (χ0) is 11.3. The van der Waals surface area contributed by atoms with E-state index in [2.05, 4.69) is 5.32 Å². The Morgan fingerprint density at radius 2 is 2.27 bits per heavy atom. The molecular formula is C11H16FNO2. The number of benzene rings is 1. The third-order valence-electron chi connectivity index (χ3n) is 2.15. The van der Waals surface area contributed by atoms with Gasteiger partial charge in [-0.05, 0) is 18.7 Å². The van der Waals surface area contributed by atoms with Crippen LogP contribution in [0.15, 0.2) is 18.2 Å². The molecule has 2 N–H and O–H groups in total. The number of ether oxygens (including phenoxy) is 1. The van der Waals surface area contributed by atoms with Crippen LogP contribution in [0.4, 0.5) is 4.39 Å². The number of aliphatic hydroxyl groups is 1. The number of hydrogen-bond acceptors (Lipinski definition) is 3. The van der Waals surface area contributed by atoms with Crippen LogP contribution < -0.4 is 10.1 Å². The Kier molecular flexibility index (Phi) is 4.52. The Balaban J connectivity index is 2.76. The van der Waals surface area contributed by atoms with Gasteiger partial charge in [-0.25, -0.2) is 4.39 Å². The monoisotopic (exact) mass is 213 g/mol. The smallest absolute Gasteiger partial charge is 0.132 e. The number of hydrogen-bond donors (Lipinski definition) is 2. The lowest BCUT2D eigenvalue weighted by Crippen LogP contribution is -2.21. The summed E-state index contributed by atoms with van der Waals surface area (Å²) in [6, 6.07) is 4.44. The van der Waals surface area contributed by atoms with Gasteiger partial charge in [0.1, 0.15) is 11.6 Å². The Hall–Kier alpha value is -1.13. The number of aliphatic hydroxyl groups excluding tert-OH is 1. The molecule has 15 heavy (non-hydrogen) atoms. The molecule has 1 atom stereocenters. The molecule has 0 fully saturated rings. The quantitative estimate of drug-likeness (QED) is 0.778. The van der Waals surface area contributed by atoms with Crippen LogP contribution in [-0.2, 0) is 0 Å². The molecular weight excluding hydrogens is 197 g/mol. The SMILES string of the molecule is CCNCC(O)c1ccc(OC)cc1F. The summed E-state index contributed by atoms with van der Waals surface area (Å²) in [6.07, 6.45) is -0.823. The molecule has 0 spiro atoms. The molecule has 0 bridgehead atoms. The first-order valence-corrected chi connectivity index (χ1v) is 4.91. The highest BCUT2D eigenvalue weighted by molar-refractivity contribution is 5.30. The number of halogens is 1. The number of rotatable bonds is 5. The molecule has 1 unspecified atom stereocenters. The lowest BCUT2D eigenvalue weighted by molar-refractivity contribution is 0.171. The van der Waals surface area contributed by atoms with E-state index in [9.17, 15) is 9.50 Å². The minimum absolute atomic E-state index is 0.289. The van der Waals surface area contributed by atoms with Gasteiger partial charge in [-0.2, -0.15) is 0 Å². The normalized spacial score (nSPS) is 12.5. The van der Waals surface area contributed by atoms with Crippen LogP contribution in [0, 0.1) is 5.82 Å². The fourth-order valence-corrected chi connectivity index (χ4v) is 1.30. The van der Waals surface area contributed by atoms with Crippen LogP contribution >= 0.6 is 0 Å². The van der Waals surface area contributed by atoms with Gasteiger partial charge in [-0.3, -0.25) is 0 Å². The average Bonchev–Trinajstić information content (AvgIpc) is 2.25. The Labute approximate surface area is 88.9 Å². The molecule has 0 radical (unpaired) electrons. The van der Waals surface area contributed by atoms with Gasteiger partial charge < -0.3 is 15.2 Å². The molecule has 0 aliphatic rings. The van der Waals surface area contributed by atoms with Gasteiger partial charge in [0.15, 0.2) is 0 Å². The Morgan fingerprint density at radius 3 is 2.80 bits per heavy atom. The predicted octanol–water partition coefficient (Wildman–Crippen LogP) is 1.48. The van der Waals surface area contributed by atoms with Crippen LogP contribution in [0.2, 0.25) is 0 Å². The third-order valence-corrected chi connectivity index (χ3v) is 2.15. The summed E-state index contributed by atoms with van der Waals surface area (Å²) in [5.74, 6) is 0.00616. The van der Waals surface area contributed by atoms with Crippen molar-refractivity contribution in [3.63, 3.8) is 0 Å². The molecule has 0 heterocycles. The predicted molar refractivity (Wildman–Crippen MR) is 56.5 cm³/mol. The summed E-state index contributed by atoms with van der Waals surface area (Å²) < 4.78 is 18.3. The number of likely N-dealkylation sites (N-methyl/N-ethyl adjacent to an activating group) is 1. The summed E-state index contributed by atoms with van der Waals surface area (Å²) in [7, 11) is 1.48. The zero-order valence-electron chi connectivity index (χ0n) is 8.96. The van der Waals surface area contributed by atoms with Gasteiger partial charge in [-0.1, -0.05) is 6.92 Å². The second-order valence-electron chi connectivity index (χ2n) is 3.21. The van der Waals surface area contributed by atoms with Crippen molar-refractivity contribution < 1.29 is 14.2 Å². The third kappa shape index (κ3) is 3.18. The Morgan fingerprint density at radius 1 is 1.53 bits per heavy atom. The molecule has 0 saturated heterocycles. The molecule has 0 aromatic heterocycles. The summed E-state index contributed by atoms with van der Waals surface area (Å²) in [6.45, 7) is 3.02. The molecule has 0 saturated carbocycles. The van der Waals surface area contributed by atoms with Gasteiger partial charge in [0, 0.05) is 18.2 Å². The maximum Gasteiger partial charge on any atom is 0.132 e. The Bertz CT molecular complexity index is 317. The van der Waals surface area contributed by atoms with Crippen LogP contribution in [0.5, 0.6) is 5.75 Å². The maximum absolute atomic E-state index is 13.4. The van der Waals surface area contributed by atoms with Crippen LogP contribution in [0.3, 0.4) is 0 Å². The molecule has 1 aromatic carbocycles. The first-order chi connectivity index (χ1) is 7.19.